The van der Waals surface area contributed by atoms with E-state index in [0.717, 1.165) is 58.6 Å². The first kappa shape index (κ1) is 30.5. The molecule has 0 bridgehead atoms. The zero-order chi connectivity index (χ0) is 29.6. The average molecular weight is 606 g/mol. The number of nitrogens with zero attached hydrogens (tertiary/aromatic N) is 2. The highest BCUT2D eigenvalue weighted by Gasteiger charge is 2.31. The lowest BCUT2D eigenvalue weighted by atomic mass is 10.0. The number of halogens is 3. The second kappa shape index (κ2) is 13.0. The summed E-state index contributed by atoms with van der Waals surface area (Å²) in [5.41, 5.74) is 2.48. The van der Waals surface area contributed by atoms with Crippen LogP contribution in [-0.4, -0.2) is 44.5 Å². The van der Waals surface area contributed by atoms with Gasteiger partial charge in [-0.15, -0.1) is 0 Å². The Bertz CT molecular complexity index is 1570. The molecule has 4 aromatic rings. The smallest absolute Gasteiger partial charge is 0.416 e. The van der Waals surface area contributed by atoms with Crippen molar-refractivity contribution in [2.24, 2.45) is 0 Å². The van der Waals surface area contributed by atoms with Gasteiger partial charge in [0.25, 0.3) is 0 Å². The monoisotopic (exact) mass is 605 g/mol. The Morgan fingerprint density at radius 1 is 0.927 bits per heavy atom. The number of alkyl halides is 3. The molecule has 41 heavy (non-hydrogen) atoms. The van der Waals surface area contributed by atoms with Crippen molar-refractivity contribution in [1.29, 1.82) is 0 Å². The van der Waals surface area contributed by atoms with Gasteiger partial charge in [-0.05, 0) is 73.2 Å². The van der Waals surface area contributed by atoms with Crippen molar-refractivity contribution >= 4 is 21.8 Å². The molecule has 1 aromatic heterocycles. The Balaban J connectivity index is 1.61. The van der Waals surface area contributed by atoms with Gasteiger partial charge in [-0.2, -0.15) is 13.2 Å². The van der Waals surface area contributed by atoms with Crippen LogP contribution in [0.15, 0.2) is 82.8 Å². The van der Waals surface area contributed by atoms with E-state index in [9.17, 15) is 21.6 Å². The van der Waals surface area contributed by atoms with Gasteiger partial charge in [0, 0.05) is 30.0 Å². The molecule has 0 aliphatic rings. The van der Waals surface area contributed by atoms with Crippen LogP contribution in [0, 0.1) is 0 Å². The second-order valence-electron chi connectivity index (χ2n) is 8.97. The number of benzene rings is 3. The number of nitrogens with one attached hydrogen (secondary N) is 1. The van der Waals surface area contributed by atoms with E-state index in [1.54, 1.807) is 14.2 Å². The summed E-state index contributed by atoms with van der Waals surface area (Å²) in [6.45, 7) is 2.73. The van der Waals surface area contributed by atoms with Gasteiger partial charge in [0.2, 0.25) is 10.0 Å². The summed E-state index contributed by atoms with van der Waals surface area (Å²) >= 11 is 1.37. The quantitative estimate of drug-likeness (QED) is 0.142. The molecule has 0 saturated heterocycles. The largest absolute Gasteiger partial charge is 0.497 e. The Hall–Kier alpha value is -3.48. The summed E-state index contributed by atoms with van der Waals surface area (Å²) in [4.78, 5) is 4.52. The molecule has 4 rings (SSSR count). The van der Waals surface area contributed by atoms with Crippen LogP contribution >= 0.6 is 11.8 Å². The van der Waals surface area contributed by atoms with Gasteiger partial charge < -0.3 is 14.0 Å². The van der Waals surface area contributed by atoms with E-state index < -0.39 is 26.7 Å². The highest BCUT2D eigenvalue weighted by molar-refractivity contribution is 7.99. The van der Waals surface area contributed by atoms with E-state index >= 15 is 0 Å². The van der Waals surface area contributed by atoms with Crippen molar-refractivity contribution < 1.29 is 31.1 Å². The Labute approximate surface area is 241 Å². The van der Waals surface area contributed by atoms with Crippen molar-refractivity contribution in [1.82, 2.24) is 14.3 Å². The molecule has 218 valence electrons. The molecule has 0 saturated carbocycles. The molecule has 0 radical (unpaired) electrons. The number of hydrogen-bond acceptors (Lipinski definition) is 6. The van der Waals surface area contributed by atoms with Crippen molar-refractivity contribution in [3.63, 3.8) is 0 Å². The predicted molar refractivity (Wildman–Crippen MR) is 154 cm³/mol. The standard InChI is InChI=1S/C29H30F3N3O4S2/c1-4-17-35-27(21-10-14-24(39-3)15-11-21)26(20-8-12-23(38-2)13-9-20)34-28(35)40-18-16-33-41(36,37)25-7-5-6-22(19-25)29(30,31)32/h5-15,19,33H,4,16-18H2,1-3H3. The fourth-order valence-corrected chi connectivity index (χ4v) is 6.29. The molecular weight excluding hydrogens is 575 g/mol. The van der Waals surface area contributed by atoms with Crippen LogP contribution in [0.4, 0.5) is 13.2 Å². The maximum absolute atomic E-state index is 13.1. The van der Waals surface area contributed by atoms with Gasteiger partial charge in [-0.1, -0.05) is 24.8 Å². The molecule has 0 amide bonds. The normalized spacial score (nSPS) is 12.0. The van der Waals surface area contributed by atoms with Crippen LogP contribution < -0.4 is 14.2 Å². The molecule has 1 heterocycles. The first-order valence-electron chi connectivity index (χ1n) is 12.8. The van der Waals surface area contributed by atoms with Crippen molar-refractivity contribution in [3.05, 3.63) is 78.4 Å². The number of hydrogen-bond donors (Lipinski definition) is 1. The van der Waals surface area contributed by atoms with E-state index in [1.807, 2.05) is 48.5 Å². The summed E-state index contributed by atoms with van der Waals surface area (Å²) in [5, 5.41) is 0.696. The number of ether oxygens (including phenoxy) is 2. The third-order valence-corrected chi connectivity index (χ3v) is 8.64. The highest BCUT2D eigenvalue weighted by Crippen LogP contribution is 2.37. The number of sulfonamides is 1. The maximum Gasteiger partial charge on any atom is 0.416 e. The van der Waals surface area contributed by atoms with Crippen LogP contribution in [0.1, 0.15) is 18.9 Å². The van der Waals surface area contributed by atoms with E-state index in [2.05, 4.69) is 16.2 Å². The third-order valence-electron chi connectivity index (χ3n) is 6.20. The minimum atomic E-state index is -4.64. The van der Waals surface area contributed by atoms with E-state index in [-0.39, 0.29) is 6.54 Å². The van der Waals surface area contributed by atoms with Crippen molar-refractivity contribution in [2.45, 2.75) is 36.1 Å². The molecule has 0 aliphatic carbocycles. The first-order chi connectivity index (χ1) is 19.6. The summed E-state index contributed by atoms with van der Waals surface area (Å²) in [6, 6.07) is 19.0. The number of imidazole rings is 1. The lowest BCUT2D eigenvalue weighted by Crippen LogP contribution is -2.26. The Kier molecular flexibility index (Phi) is 9.67. The van der Waals surface area contributed by atoms with Crippen LogP contribution in [-0.2, 0) is 22.7 Å². The molecular formula is C29H30F3N3O4S2. The van der Waals surface area contributed by atoms with Gasteiger partial charge in [0.05, 0.1) is 36.1 Å². The second-order valence-corrected chi connectivity index (χ2v) is 11.8. The summed E-state index contributed by atoms with van der Waals surface area (Å²) in [5.74, 6) is 1.75. The molecule has 0 spiro atoms. The van der Waals surface area contributed by atoms with Crippen LogP contribution in [0.2, 0.25) is 0 Å². The van der Waals surface area contributed by atoms with Gasteiger partial charge in [-0.25, -0.2) is 18.1 Å². The molecule has 12 heteroatoms. The van der Waals surface area contributed by atoms with Gasteiger partial charge in [0.1, 0.15) is 11.5 Å². The fourth-order valence-electron chi connectivity index (χ4n) is 4.21. The lowest BCUT2D eigenvalue weighted by molar-refractivity contribution is -0.137. The minimum absolute atomic E-state index is 0.00202. The topological polar surface area (TPSA) is 82.5 Å². The van der Waals surface area contributed by atoms with Crippen LogP contribution in [0.5, 0.6) is 11.5 Å². The summed E-state index contributed by atoms with van der Waals surface area (Å²) < 4.78 is 79.7. The molecule has 0 unspecified atom stereocenters. The summed E-state index contributed by atoms with van der Waals surface area (Å²) in [6.07, 6.45) is -3.81. The number of aromatic nitrogens is 2. The molecule has 0 aliphatic heterocycles. The Morgan fingerprint density at radius 3 is 2.10 bits per heavy atom. The van der Waals surface area contributed by atoms with E-state index in [0.29, 0.717) is 23.5 Å². The van der Waals surface area contributed by atoms with Crippen LogP contribution in [0.25, 0.3) is 22.5 Å². The lowest BCUT2D eigenvalue weighted by Gasteiger charge is -2.13. The highest BCUT2D eigenvalue weighted by atomic mass is 32.2. The molecule has 3 aromatic carbocycles. The molecule has 1 N–H and O–H groups in total. The van der Waals surface area contributed by atoms with Crippen LogP contribution in [0.3, 0.4) is 0 Å². The number of rotatable bonds is 12. The minimum Gasteiger partial charge on any atom is -0.497 e. The average Bonchev–Trinajstić information content (AvgIpc) is 3.33. The maximum atomic E-state index is 13.1. The third kappa shape index (κ3) is 7.24. The number of methoxy groups -OCH3 is 2. The van der Waals surface area contributed by atoms with Crippen molar-refractivity contribution in [3.8, 4) is 34.0 Å². The SMILES string of the molecule is CCCn1c(SCCNS(=O)(=O)c2cccc(C(F)(F)F)c2)nc(-c2ccc(OC)cc2)c1-c1ccc(OC)cc1. The zero-order valence-corrected chi connectivity index (χ0v) is 24.4. The van der Waals surface area contributed by atoms with Gasteiger partial charge >= 0.3 is 6.18 Å². The zero-order valence-electron chi connectivity index (χ0n) is 22.7. The first-order valence-corrected chi connectivity index (χ1v) is 15.2. The fraction of sp³-hybridized carbons (Fsp3) is 0.276. The van der Waals surface area contributed by atoms with Crippen molar-refractivity contribution in [2.75, 3.05) is 26.5 Å². The summed E-state index contributed by atoms with van der Waals surface area (Å²) in [7, 11) is -0.927. The molecule has 0 atom stereocenters. The van der Waals surface area contributed by atoms with E-state index in [4.69, 9.17) is 14.5 Å². The Morgan fingerprint density at radius 2 is 1.54 bits per heavy atom. The molecule has 0 fully saturated rings. The predicted octanol–water partition coefficient (Wildman–Crippen LogP) is 6.73. The number of thioether (sulfide) groups is 1. The van der Waals surface area contributed by atoms with Gasteiger partial charge in [-0.3, -0.25) is 0 Å². The van der Waals surface area contributed by atoms with E-state index in [1.165, 1.54) is 11.8 Å². The van der Waals surface area contributed by atoms with Gasteiger partial charge in [0.15, 0.2) is 5.16 Å². The molecule has 7 nitrogen and oxygen atoms in total.